The molecule has 1 aromatic carbocycles. The summed E-state index contributed by atoms with van der Waals surface area (Å²) in [5.74, 6) is -0.242. The largest absolute Gasteiger partial charge is 0.477 e. The van der Waals surface area contributed by atoms with Gasteiger partial charge in [0.1, 0.15) is 5.82 Å². The summed E-state index contributed by atoms with van der Waals surface area (Å²) in [6, 6.07) is 5.07. The second-order valence-corrected chi connectivity index (χ2v) is 9.03. The quantitative estimate of drug-likeness (QED) is 0.493. The lowest BCUT2D eigenvalue weighted by molar-refractivity contribution is -0.386. The van der Waals surface area contributed by atoms with Gasteiger partial charge in [0.2, 0.25) is 10.0 Å². The standard InChI is InChI=1S/C18H23N5O6S/c1-13(2)22-17(7-8-19-22)20-18(24)12-29-16-6-5-14(11-15(16)23(25)26)30(27,28)21-9-3-4-10-21/h5-8,11,13H,3-4,9-10,12H2,1-2H3,(H,20,24). The number of rotatable bonds is 8. The molecule has 12 heteroatoms. The zero-order chi connectivity index (χ0) is 21.9. The van der Waals surface area contributed by atoms with Crippen molar-refractivity contribution in [1.29, 1.82) is 0 Å². The first-order chi connectivity index (χ1) is 14.2. The highest BCUT2D eigenvalue weighted by Crippen LogP contribution is 2.31. The maximum atomic E-state index is 12.6. The molecule has 0 saturated carbocycles. The van der Waals surface area contributed by atoms with Crippen LogP contribution in [0, 0.1) is 10.1 Å². The summed E-state index contributed by atoms with van der Waals surface area (Å²) in [4.78, 5) is 22.7. The van der Waals surface area contributed by atoms with Crippen LogP contribution in [-0.2, 0) is 14.8 Å². The van der Waals surface area contributed by atoms with Crippen molar-refractivity contribution in [2.24, 2.45) is 0 Å². The molecule has 1 aromatic heterocycles. The van der Waals surface area contributed by atoms with Crippen LogP contribution in [0.1, 0.15) is 32.7 Å². The van der Waals surface area contributed by atoms with E-state index in [-0.39, 0.29) is 16.7 Å². The Morgan fingerprint density at radius 1 is 1.30 bits per heavy atom. The molecular weight excluding hydrogens is 414 g/mol. The van der Waals surface area contributed by atoms with Crippen molar-refractivity contribution in [3.8, 4) is 5.75 Å². The minimum absolute atomic E-state index is 0.0300. The Kier molecular flexibility index (Phi) is 6.37. The van der Waals surface area contributed by atoms with Crippen LogP contribution in [0.4, 0.5) is 11.5 Å². The molecule has 162 valence electrons. The lowest BCUT2D eigenvalue weighted by Crippen LogP contribution is -2.28. The van der Waals surface area contributed by atoms with Crippen molar-refractivity contribution in [3.05, 3.63) is 40.6 Å². The molecule has 30 heavy (non-hydrogen) atoms. The molecular formula is C18H23N5O6S. The molecule has 3 rings (SSSR count). The third kappa shape index (κ3) is 4.60. The van der Waals surface area contributed by atoms with Gasteiger partial charge >= 0.3 is 5.69 Å². The van der Waals surface area contributed by atoms with Crippen LogP contribution in [0.15, 0.2) is 35.4 Å². The monoisotopic (exact) mass is 437 g/mol. The lowest BCUT2D eigenvalue weighted by atomic mass is 10.3. The van der Waals surface area contributed by atoms with Gasteiger partial charge in [0.15, 0.2) is 12.4 Å². The molecule has 0 aliphatic carbocycles. The van der Waals surface area contributed by atoms with Crippen molar-refractivity contribution in [2.45, 2.75) is 37.6 Å². The van der Waals surface area contributed by atoms with E-state index < -0.39 is 33.1 Å². The van der Waals surface area contributed by atoms with Crippen LogP contribution in [0.5, 0.6) is 5.75 Å². The first-order valence-electron chi connectivity index (χ1n) is 9.45. The predicted molar refractivity (Wildman–Crippen MR) is 108 cm³/mol. The summed E-state index contributed by atoms with van der Waals surface area (Å²) in [6.45, 7) is 4.10. The van der Waals surface area contributed by atoms with E-state index in [1.807, 2.05) is 13.8 Å². The van der Waals surface area contributed by atoms with Crippen LogP contribution in [0.2, 0.25) is 0 Å². The van der Waals surface area contributed by atoms with E-state index in [1.165, 1.54) is 16.4 Å². The number of nitro benzene ring substituents is 1. The molecule has 0 spiro atoms. The number of ether oxygens (including phenoxy) is 1. The number of amides is 1. The molecule has 1 aliphatic rings. The Labute approximate surface area is 173 Å². The third-order valence-electron chi connectivity index (χ3n) is 4.62. The van der Waals surface area contributed by atoms with E-state index >= 15 is 0 Å². The number of hydrogen-bond acceptors (Lipinski definition) is 7. The van der Waals surface area contributed by atoms with Gasteiger partial charge in [-0.2, -0.15) is 9.40 Å². The molecule has 1 fully saturated rings. The minimum atomic E-state index is -3.81. The molecule has 0 radical (unpaired) electrons. The van der Waals surface area contributed by atoms with Gasteiger partial charge in [-0.3, -0.25) is 14.9 Å². The highest BCUT2D eigenvalue weighted by atomic mass is 32.2. The summed E-state index contributed by atoms with van der Waals surface area (Å²) >= 11 is 0. The van der Waals surface area contributed by atoms with Gasteiger partial charge in [-0.15, -0.1) is 0 Å². The fourth-order valence-electron chi connectivity index (χ4n) is 3.15. The second kappa shape index (κ2) is 8.79. The fourth-order valence-corrected chi connectivity index (χ4v) is 4.68. The second-order valence-electron chi connectivity index (χ2n) is 7.09. The van der Waals surface area contributed by atoms with Gasteiger partial charge in [0.25, 0.3) is 5.91 Å². The van der Waals surface area contributed by atoms with Crippen molar-refractivity contribution >= 4 is 27.4 Å². The molecule has 0 atom stereocenters. The Bertz CT molecular complexity index is 1040. The van der Waals surface area contributed by atoms with Crippen molar-refractivity contribution in [3.63, 3.8) is 0 Å². The number of aromatic nitrogens is 2. The normalized spacial score (nSPS) is 14.8. The molecule has 1 amide bonds. The number of nitrogens with one attached hydrogen (secondary N) is 1. The van der Waals surface area contributed by atoms with Crippen LogP contribution < -0.4 is 10.1 Å². The zero-order valence-corrected chi connectivity index (χ0v) is 17.5. The number of hydrogen-bond donors (Lipinski definition) is 1. The smallest absolute Gasteiger partial charge is 0.312 e. The van der Waals surface area contributed by atoms with Gasteiger partial charge in [-0.25, -0.2) is 13.1 Å². The molecule has 1 N–H and O–H groups in total. The molecule has 2 aromatic rings. The average molecular weight is 437 g/mol. The lowest BCUT2D eigenvalue weighted by Gasteiger charge is -2.16. The predicted octanol–water partition coefficient (Wildman–Crippen LogP) is 2.17. The fraction of sp³-hybridized carbons (Fsp3) is 0.444. The number of sulfonamides is 1. The third-order valence-corrected chi connectivity index (χ3v) is 6.51. The Morgan fingerprint density at radius 2 is 2.00 bits per heavy atom. The molecule has 11 nitrogen and oxygen atoms in total. The van der Waals surface area contributed by atoms with Crippen molar-refractivity contribution in [1.82, 2.24) is 14.1 Å². The number of nitro groups is 1. The van der Waals surface area contributed by atoms with Crippen LogP contribution in [0.25, 0.3) is 0 Å². The summed E-state index contributed by atoms with van der Waals surface area (Å²) in [5.41, 5.74) is -0.518. The van der Waals surface area contributed by atoms with Gasteiger partial charge in [-0.05, 0) is 38.8 Å². The molecule has 1 saturated heterocycles. The molecule has 2 heterocycles. The first-order valence-corrected chi connectivity index (χ1v) is 10.9. The Hall–Kier alpha value is -2.99. The van der Waals surface area contributed by atoms with Crippen LogP contribution in [-0.4, -0.2) is 53.0 Å². The SMILES string of the molecule is CC(C)n1nccc1NC(=O)COc1ccc(S(=O)(=O)N2CCCC2)cc1[N+](=O)[O-]. The highest BCUT2D eigenvalue weighted by molar-refractivity contribution is 7.89. The van der Waals surface area contributed by atoms with E-state index in [0.29, 0.717) is 18.9 Å². The van der Waals surface area contributed by atoms with Gasteiger partial charge in [0, 0.05) is 31.3 Å². The molecule has 0 bridgehead atoms. The number of benzene rings is 1. The van der Waals surface area contributed by atoms with E-state index in [4.69, 9.17) is 4.74 Å². The van der Waals surface area contributed by atoms with Gasteiger partial charge < -0.3 is 10.1 Å². The number of nitrogens with zero attached hydrogens (tertiary/aromatic N) is 4. The summed E-state index contributed by atoms with van der Waals surface area (Å²) in [5, 5.41) is 18.2. The van der Waals surface area contributed by atoms with Crippen molar-refractivity contribution < 1.29 is 22.9 Å². The maximum Gasteiger partial charge on any atom is 0.312 e. The van der Waals surface area contributed by atoms with E-state index in [2.05, 4.69) is 10.4 Å². The first kappa shape index (κ1) is 21.7. The minimum Gasteiger partial charge on any atom is -0.477 e. The Morgan fingerprint density at radius 3 is 2.63 bits per heavy atom. The highest BCUT2D eigenvalue weighted by Gasteiger charge is 2.30. The number of carbonyl (C=O) groups excluding carboxylic acids is 1. The van der Waals surface area contributed by atoms with Crippen LogP contribution in [0.3, 0.4) is 0 Å². The number of carbonyl (C=O) groups is 1. The molecule has 1 aliphatic heterocycles. The number of anilines is 1. The average Bonchev–Trinajstić information content (AvgIpc) is 3.38. The maximum absolute atomic E-state index is 12.6. The zero-order valence-electron chi connectivity index (χ0n) is 16.6. The summed E-state index contributed by atoms with van der Waals surface area (Å²) in [6.07, 6.45) is 3.06. The Balaban J connectivity index is 1.73. The van der Waals surface area contributed by atoms with E-state index in [0.717, 1.165) is 18.9 Å². The topological polar surface area (TPSA) is 137 Å². The molecule has 0 unspecified atom stereocenters. The van der Waals surface area contributed by atoms with Gasteiger partial charge in [0.05, 0.1) is 16.0 Å². The van der Waals surface area contributed by atoms with Crippen molar-refractivity contribution in [2.75, 3.05) is 25.0 Å². The summed E-state index contributed by atoms with van der Waals surface area (Å²) in [7, 11) is -3.81. The van der Waals surface area contributed by atoms with Gasteiger partial charge in [-0.1, -0.05) is 0 Å². The summed E-state index contributed by atoms with van der Waals surface area (Å²) < 4.78 is 33.5. The van der Waals surface area contributed by atoms with E-state index in [1.54, 1.807) is 16.9 Å². The van der Waals surface area contributed by atoms with Crippen LogP contribution >= 0.6 is 0 Å². The van der Waals surface area contributed by atoms with E-state index in [9.17, 15) is 23.3 Å².